The smallest absolute Gasteiger partial charge is 0.406 e. The van der Waals surface area contributed by atoms with Gasteiger partial charge in [-0.1, -0.05) is 5.16 Å². The van der Waals surface area contributed by atoms with Gasteiger partial charge in [0.05, 0.1) is 10.8 Å². The average molecular weight is 431 g/mol. The third-order valence-corrected chi connectivity index (χ3v) is 6.64. The predicted molar refractivity (Wildman–Crippen MR) is 92.2 cm³/mol. The summed E-state index contributed by atoms with van der Waals surface area (Å²) in [6.07, 6.45) is -4.84. The van der Waals surface area contributed by atoms with Crippen LogP contribution in [0.1, 0.15) is 11.8 Å². The molecule has 0 amide bonds. The van der Waals surface area contributed by atoms with E-state index in [0.29, 0.717) is 11.7 Å². The lowest BCUT2D eigenvalue weighted by molar-refractivity contribution is -0.274. The van der Waals surface area contributed by atoms with Gasteiger partial charge >= 0.3 is 6.36 Å². The molecule has 0 spiro atoms. The van der Waals surface area contributed by atoms with Crippen LogP contribution in [0.3, 0.4) is 0 Å². The molecule has 0 saturated carbocycles. The van der Waals surface area contributed by atoms with Gasteiger partial charge in [0.25, 0.3) is 0 Å². The van der Waals surface area contributed by atoms with E-state index in [4.69, 9.17) is 4.52 Å². The molecule has 2 aromatic heterocycles. The number of rotatable bonds is 5. The van der Waals surface area contributed by atoms with Crippen molar-refractivity contribution in [3.63, 3.8) is 0 Å². The second-order valence-electron chi connectivity index (χ2n) is 6.01. The number of alkyl halides is 3. The molecule has 0 atom stereocenters. The van der Waals surface area contributed by atoms with Gasteiger partial charge in [0.2, 0.25) is 21.7 Å². The van der Waals surface area contributed by atoms with E-state index < -0.39 is 22.1 Å². The lowest BCUT2D eigenvalue weighted by Crippen LogP contribution is -2.48. The summed E-state index contributed by atoms with van der Waals surface area (Å²) < 4.78 is 71.9. The van der Waals surface area contributed by atoms with Gasteiger partial charge in [-0.15, -0.1) is 13.2 Å². The lowest BCUT2D eigenvalue weighted by Gasteiger charge is -2.35. The summed E-state index contributed by atoms with van der Waals surface area (Å²) in [7, 11) is -3.83. The van der Waals surface area contributed by atoms with Gasteiger partial charge in [-0.3, -0.25) is 0 Å². The number of hydrogen-bond donors (Lipinski definition) is 0. The Morgan fingerprint density at radius 2 is 1.89 bits per heavy atom. The molecule has 7 nitrogen and oxygen atoms in total. The first-order chi connectivity index (χ1) is 13.2. The zero-order chi connectivity index (χ0) is 19.9. The van der Waals surface area contributed by atoms with Crippen molar-refractivity contribution in [3.05, 3.63) is 47.0 Å². The van der Waals surface area contributed by atoms with Crippen LogP contribution in [0.15, 0.2) is 50.5 Å². The molecule has 28 heavy (non-hydrogen) atoms. The molecule has 0 bridgehead atoms. The van der Waals surface area contributed by atoms with E-state index in [1.807, 2.05) is 16.8 Å². The zero-order valence-corrected chi connectivity index (χ0v) is 15.6. The SMILES string of the molecule is O=S(=O)(c1ccc(OC(F)(F)F)cc1)N1CC(c2nc(-c3ccsc3)no2)C1. The van der Waals surface area contributed by atoms with Crippen molar-refractivity contribution in [3.8, 4) is 17.1 Å². The summed E-state index contributed by atoms with van der Waals surface area (Å²) in [5.74, 6) is 0.0710. The average Bonchev–Trinajstić information content (AvgIpc) is 3.23. The van der Waals surface area contributed by atoms with Crippen molar-refractivity contribution in [1.82, 2.24) is 14.4 Å². The maximum atomic E-state index is 12.6. The number of ether oxygens (including phenoxy) is 1. The fourth-order valence-electron chi connectivity index (χ4n) is 2.66. The van der Waals surface area contributed by atoms with Crippen LogP contribution in [0.25, 0.3) is 11.4 Å². The summed E-state index contributed by atoms with van der Waals surface area (Å²) in [6.45, 7) is 0.294. The van der Waals surface area contributed by atoms with Gasteiger partial charge in [-0.05, 0) is 35.7 Å². The highest BCUT2D eigenvalue weighted by Gasteiger charge is 2.40. The van der Waals surface area contributed by atoms with E-state index in [0.717, 1.165) is 29.8 Å². The zero-order valence-electron chi connectivity index (χ0n) is 14.0. The van der Waals surface area contributed by atoms with E-state index in [1.165, 1.54) is 15.6 Å². The minimum Gasteiger partial charge on any atom is -0.406 e. The van der Waals surface area contributed by atoms with Gasteiger partial charge in [0, 0.05) is 24.0 Å². The van der Waals surface area contributed by atoms with Crippen molar-refractivity contribution >= 4 is 21.4 Å². The molecule has 3 heterocycles. The second kappa shape index (κ2) is 6.87. The number of nitrogens with zero attached hydrogens (tertiary/aromatic N) is 3. The molecule has 0 unspecified atom stereocenters. The van der Waals surface area contributed by atoms with E-state index in [2.05, 4.69) is 14.9 Å². The highest BCUT2D eigenvalue weighted by molar-refractivity contribution is 7.89. The van der Waals surface area contributed by atoms with E-state index >= 15 is 0 Å². The van der Waals surface area contributed by atoms with Crippen LogP contribution in [0.5, 0.6) is 5.75 Å². The molecule has 1 aliphatic heterocycles. The van der Waals surface area contributed by atoms with Crippen molar-refractivity contribution in [2.24, 2.45) is 0 Å². The molecule has 1 saturated heterocycles. The maximum absolute atomic E-state index is 12.6. The third-order valence-electron chi connectivity index (χ3n) is 4.11. The highest BCUT2D eigenvalue weighted by Crippen LogP contribution is 2.33. The molecule has 1 aliphatic rings. The molecule has 148 valence electrons. The fourth-order valence-corrected chi connectivity index (χ4v) is 4.83. The van der Waals surface area contributed by atoms with Crippen LogP contribution in [-0.2, 0) is 10.0 Å². The monoisotopic (exact) mass is 431 g/mol. The number of benzene rings is 1. The third kappa shape index (κ3) is 3.75. The molecule has 12 heteroatoms. The van der Waals surface area contributed by atoms with Crippen molar-refractivity contribution in [2.45, 2.75) is 17.2 Å². The van der Waals surface area contributed by atoms with Crippen LogP contribution in [0.4, 0.5) is 13.2 Å². The summed E-state index contributed by atoms with van der Waals surface area (Å²) in [4.78, 5) is 4.17. The molecule has 3 aromatic rings. The second-order valence-corrected chi connectivity index (χ2v) is 8.72. The van der Waals surface area contributed by atoms with Crippen LogP contribution >= 0.6 is 11.3 Å². The van der Waals surface area contributed by atoms with Crippen LogP contribution < -0.4 is 4.74 Å². The maximum Gasteiger partial charge on any atom is 0.573 e. The summed E-state index contributed by atoms with van der Waals surface area (Å²) in [5, 5.41) is 7.65. The number of thiophene rings is 1. The Labute approximate surface area is 161 Å². The number of halogens is 3. The molecular formula is C16H12F3N3O4S2. The Hall–Kier alpha value is -2.44. The highest BCUT2D eigenvalue weighted by atomic mass is 32.2. The molecular weight excluding hydrogens is 419 g/mol. The van der Waals surface area contributed by atoms with Gasteiger partial charge in [0.15, 0.2) is 0 Å². The first-order valence-corrected chi connectivity index (χ1v) is 10.3. The Morgan fingerprint density at radius 3 is 2.50 bits per heavy atom. The quantitative estimate of drug-likeness (QED) is 0.615. The van der Waals surface area contributed by atoms with Crippen LogP contribution in [-0.4, -0.2) is 42.3 Å². The van der Waals surface area contributed by atoms with Gasteiger partial charge in [-0.25, -0.2) is 8.42 Å². The topological polar surface area (TPSA) is 85.5 Å². The standard InChI is InChI=1S/C16H12F3N3O4S2/c17-16(18,19)25-12-1-3-13(4-2-12)28(23,24)22-7-11(8-22)15-20-14(21-26-15)10-5-6-27-9-10/h1-6,9,11H,7-8H2. The Morgan fingerprint density at radius 1 is 1.18 bits per heavy atom. The fraction of sp³-hybridized carbons (Fsp3) is 0.250. The minimum absolute atomic E-state index is 0.120. The normalized spacial score (nSPS) is 16.1. The predicted octanol–water partition coefficient (Wildman–Crippen LogP) is 3.48. The summed E-state index contributed by atoms with van der Waals surface area (Å²) >= 11 is 1.50. The summed E-state index contributed by atoms with van der Waals surface area (Å²) in [5.41, 5.74) is 0.824. The molecule has 1 fully saturated rings. The number of hydrogen-bond acceptors (Lipinski definition) is 7. The largest absolute Gasteiger partial charge is 0.573 e. The van der Waals surface area contributed by atoms with Gasteiger partial charge < -0.3 is 9.26 Å². The van der Waals surface area contributed by atoms with Gasteiger partial charge in [-0.2, -0.15) is 20.6 Å². The summed E-state index contributed by atoms with van der Waals surface area (Å²) in [6, 6.07) is 5.92. The molecule has 0 radical (unpaired) electrons. The molecule has 4 rings (SSSR count). The van der Waals surface area contributed by atoms with E-state index in [-0.39, 0.29) is 23.9 Å². The molecule has 0 N–H and O–H groups in total. The Kier molecular flexibility index (Phi) is 4.63. The number of aromatic nitrogens is 2. The van der Waals surface area contributed by atoms with Crippen molar-refractivity contribution in [2.75, 3.05) is 13.1 Å². The van der Waals surface area contributed by atoms with Crippen LogP contribution in [0.2, 0.25) is 0 Å². The Balaban J connectivity index is 1.42. The molecule has 0 aliphatic carbocycles. The van der Waals surface area contributed by atoms with Crippen LogP contribution in [0, 0.1) is 0 Å². The molecule has 1 aromatic carbocycles. The minimum atomic E-state index is -4.84. The first kappa shape index (κ1) is 18.9. The first-order valence-electron chi connectivity index (χ1n) is 7.94. The van der Waals surface area contributed by atoms with E-state index in [1.54, 1.807) is 0 Å². The van der Waals surface area contributed by atoms with Crippen molar-refractivity contribution < 1.29 is 30.8 Å². The number of sulfonamides is 1. The lowest BCUT2D eigenvalue weighted by atomic mass is 10.0. The van der Waals surface area contributed by atoms with E-state index in [9.17, 15) is 21.6 Å². The Bertz CT molecular complexity index is 1060. The van der Waals surface area contributed by atoms with Crippen molar-refractivity contribution in [1.29, 1.82) is 0 Å². The van der Waals surface area contributed by atoms with Gasteiger partial charge in [0.1, 0.15) is 5.75 Å².